The van der Waals surface area contributed by atoms with Gasteiger partial charge >= 0.3 is 6.18 Å². The van der Waals surface area contributed by atoms with Gasteiger partial charge in [-0.3, -0.25) is 0 Å². The van der Waals surface area contributed by atoms with Gasteiger partial charge in [0, 0.05) is 22.0 Å². The number of aromatic nitrogens is 2. The fourth-order valence-corrected chi connectivity index (χ4v) is 4.17. The van der Waals surface area contributed by atoms with Crippen molar-refractivity contribution in [2.24, 2.45) is 0 Å². The zero-order chi connectivity index (χ0) is 21.4. The molecule has 1 saturated carbocycles. The molecule has 0 radical (unpaired) electrons. The fourth-order valence-electron chi connectivity index (χ4n) is 2.45. The van der Waals surface area contributed by atoms with E-state index < -0.39 is 39.6 Å². The van der Waals surface area contributed by atoms with Crippen molar-refractivity contribution >= 4 is 21.4 Å². The summed E-state index contributed by atoms with van der Waals surface area (Å²) in [6.45, 7) is 2.82. The average Bonchev–Trinajstić information content (AvgIpc) is 3.47. The highest BCUT2D eigenvalue weighted by Gasteiger charge is 2.37. The summed E-state index contributed by atoms with van der Waals surface area (Å²) in [6.07, 6.45) is -4.47. The van der Waals surface area contributed by atoms with Gasteiger partial charge in [-0.15, -0.1) is 0 Å². The molecule has 2 unspecified atom stereocenters. The first-order chi connectivity index (χ1) is 13.5. The maximum Gasteiger partial charge on any atom is 0.423 e. The molecule has 1 fully saturated rings. The molecule has 11 heteroatoms. The van der Waals surface area contributed by atoms with E-state index in [0.717, 1.165) is 12.8 Å². The number of benzene rings is 1. The highest BCUT2D eigenvalue weighted by molar-refractivity contribution is 7.93. The molecule has 0 saturated heterocycles. The van der Waals surface area contributed by atoms with Gasteiger partial charge in [0.1, 0.15) is 11.7 Å². The van der Waals surface area contributed by atoms with Crippen LogP contribution in [0.5, 0.6) is 5.88 Å². The molecular weight excluding hydrogens is 409 g/mol. The van der Waals surface area contributed by atoms with Gasteiger partial charge in [-0.05, 0) is 51.0 Å². The molecule has 1 aliphatic rings. The molecule has 1 heterocycles. The van der Waals surface area contributed by atoms with E-state index in [1.165, 1.54) is 13.8 Å². The van der Waals surface area contributed by atoms with Gasteiger partial charge in [0.15, 0.2) is 0 Å². The first-order valence-electron chi connectivity index (χ1n) is 8.92. The maximum absolute atomic E-state index is 13.2. The van der Waals surface area contributed by atoms with Gasteiger partial charge in [0.2, 0.25) is 11.8 Å². The number of halogens is 3. The number of hydrogen-bond donors (Lipinski definition) is 3. The van der Waals surface area contributed by atoms with Crippen LogP contribution in [0.15, 0.2) is 35.4 Å². The van der Waals surface area contributed by atoms with Crippen LogP contribution in [0.4, 0.5) is 24.8 Å². The summed E-state index contributed by atoms with van der Waals surface area (Å²) in [5.41, 5.74) is -0.696. The minimum atomic E-state index is -4.72. The van der Waals surface area contributed by atoms with Crippen LogP contribution in [0, 0.1) is 4.78 Å². The number of nitrogens with one attached hydrogen (secondary N) is 2. The summed E-state index contributed by atoms with van der Waals surface area (Å²) in [5, 5.41) is 12.2. The van der Waals surface area contributed by atoms with Crippen molar-refractivity contribution in [3.8, 4) is 5.88 Å². The second-order valence-corrected chi connectivity index (χ2v) is 9.26. The van der Waals surface area contributed by atoms with Crippen molar-refractivity contribution in [2.75, 3.05) is 5.32 Å². The van der Waals surface area contributed by atoms with Crippen LogP contribution in [0.25, 0.3) is 0 Å². The molecule has 0 bridgehead atoms. The smallest absolute Gasteiger partial charge is 0.423 e. The number of hydrogen-bond acceptors (Lipinski definition) is 7. The lowest BCUT2D eigenvalue weighted by Crippen LogP contribution is -2.27. The van der Waals surface area contributed by atoms with Gasteiger partial charge in [-0.25, -0.2) is 14.0 Å². The summed E-state index contributed by atoms with van der Waals surface area (Å²) in [5.74, 6) is -0.824. The largest absolute Gasteiger partial charge is 0.471 e. The lowest BCUT2D eigenvalue weighted by Gasteiger charge is -2.20. The van der Waals surface area contributed by atoms with Crippen molar-refractivity contribution in [3.63, 3.8) is 0 Å². The van der Waals surface area contributed by atoms with Gasteiger partial charge < -0.3 is 15.2 Å². The van der Waals surface area contributed by atoms with Crippen LogP contribution in [-0.2, 0) is 15.9 Å². The molecule has 1 aromatic carbocycles. The van der Waals surface area contributed by atoms with Crippen LogP contribution >= 0.6 is 0 Å². The highest BCUT2D eigenvalue weighted by atomic mass is 32.2. The van der Waals surface area contributed by atoms with Gasteiger partial charge in [-0.1, -0.05) is 0 Å². The number of aliphatic hydroxyl groups is 1. The molecule has 0 amide bonds. The number of aliphatic hydroxyl groups excluding tert-OH is 1. The number of anilines is 2. The van der Waals surface area contributed by atoms with Crippen LogP contribution in [0.3, 0.4) is 0 Å². The highest BCUT2D eigenvalue weighted by Crippen LogP contribution is 2.36. The van der Waals surface area contributed by atoms with Crippen molar-refractivity contribution in [1.29, 1.82) is 4.78 Å². The van der Waals surface area contributed by atoms with Crippen LogP contribution < -0.4 is 10.1 Å². The number of alkyl halides is 3. The molecule has 3 N–H and O–H groups in total. The van der Waals surface area contributed by atoms with Gasteiger partial charge in [-0.2, -0.15) is 18.2 Å². The molecule has 0 aliphatic heterocycles. The van der Waals surface area contributed by atoms with E-state index in [9.17, 15) is 22.5 Å². The standard InChI is InChI=1S/C18H21F3N4O3S/c1-10(26)11(2)28-16-15(18(19,20)21)9-23-17(25-16)24-12-3-5-13(6-4-12)29(22,27)14-7-8-14/h3-6,9-11,14,22,26H,7-8H2,1-2H3,(H,23,24,25)/t10?,11-,29?/m1/s1. The Labute approximate surface area is 166 Å². The average molecular weight is 430 g/mol. The van der Waals surface area contributed by atoms with Gasteiger partial charge in [0.05, 0.1) is 15.8 Å². The van der Waals surface area contributed by atoms with E-state index >= 15 is 0 Å². The SMILES string of the molecule is CC(O)[C@@H](C)Oc1nc(Nc2ccc(S(=N)(=O)C3CC3)cc2)ncc1C(F)(F)F. The van der Waals surface area contributed by atoms with Gasteiger partial charge in [0.25, 0.3) is 0 Å². The first kappa shape index (κ1) is 21.3. The topological polar surface area (TPSA) is 108 Å². The Morgan fingerprint density at radius 2 is 1.90 bits per heavy atom. The molecule has 2 aromatic rings. The summed E-state index contributed by atoms with van der Waals surface area (Å²) in [7, 11) is -2.83. The molecule has 3 atom stereocenters. The number of ether oxygens (including phenoxy) is 1. The second kappa shape index (κ2) is 7.79. The Balaban J connectivity index is 1.83. The zero-order valence-corrected chi connectivity index (χ0v) is 16.5. The maximum atomic E-state index is 13.2. The van der Waals surface area contributed by atoms with E-state index in [1.807, 2.05) is 0 Å². The number of rotatable bonds is 7. The minimum absolute atomic E-state index is 0.116. The predicted molar refractivity (Wildman–Crippen MR) is 101 cm³/mol. The molecule has 29 heavy (non-hydrogen) atoms. The van der Waals surface area contributed by atoms with Crippen LogP contribution in [0.2, 0.25) is 0 Å². The zero-order valence-electron chi connectivity index (χ0n) is 15.7. The van der Waals surface area contributed by atoms with E-state index in [2.05, 4.69) is 15.3 Å². The molecule has 7 nitrogen and oxygen atoms in total. The van der Waals surface area contributed by atoms with Crippen molar-refractivity contribution in [3.05, 3.63) is 36.0 Å². The normalized spacial score (nSPS) is 18.6. The lowest BCUT2D eigenvalue weighted by atomic mass is 10.2. The molecule has 1 aromatic heterocycles. The Morgan fingerprint density at radius 3 is 2.41 bits per heavy atom. The van der Waals surface area contributed by atoms with E-state index in [4.69, 9.17) is 9.52 Å². The van der Waals surface area contributed by atoms with Crippen molar-refractivity contribution in [2.45, 2.75) is 55.2 Å². The van der Waals surface area contributed by atoms with E-state index in [-0.39, 0.29) is 11.2 Å². The fraction of sp³-hybridized carbons (Fsp3) is 0.444. The van der Waals surface area contributed by atoms with Crippen LogP contribution in [0.1, 0.15) is 32.3 Å². The van der Waals surface area contributed by atoms with E-state index in [1.54, 1.807) is 24.3 Å². The Morgan fingerprint density at radius 1 is 1.28 bits per heavy atom. The molecule has 0 spiro atoms. The third kappa shape index (κ3) is 4.96. The summed E-state index contributed by atoms with van der Waals surface area (Å²) >= 11 is 0. The molecular formula is C18H21F3N4O3S. The predicted octanol–water partition coefficient (Wildman–Crippen LogP) is 3.96. The Hall–Kier alpha value is -2.40. The number of nitrogens with zero attached hydrogens (tertiary/aromatic N) is 2. The Bertz CT molecular complexity index is 975. The molecule has 3 rings (SSSR count). The van der Waals surface area contributed by atoms with Crippen molar-refractivity contribution < 1.29 is 27.2 Å². The molecule has 158 valence electrons. The monoisotopic (exact) mass is 430 g/mol. The summed E-state index contributed by atoms with van der Waals surface area (Å²) in [4.78, 5) is 7.89. The third-order valence-electron chi connectivity index (χ3n) is 4.49. The first-order valence-corrected chi connectivity index (χ1v) is 10.5. The third-order valence-corrected chi connectivity index (χ3v) is 6.87. The summed E-state index contributed by atoms with van der Waals surface area (Å²) < 4.78 is 65.2. The minimum Gasteiger partial charge on any atom is -0.471 e. The quantitative estimate of drug-likeness (QED) is 0.614. The lowest BCUT2D eigenvalue weighted by molar-refractivity contribution is -0.140. The molecule has 1 aliphatic carbocycles. The Kier molecular flexibility index (Phi) is 5.72. The summed E-state index contributed by atoms with van der Waals surface area (Å²) in [6, 6.07) is 6.22. The second-order valence-electron chi connectivity index (χ2n) is 6.92. The van der Waals surface area contributed by atoms with Crippen molar-refractivity contribution in [1.82, 2.24) is 9.97 Å². The van der Waals surface area contributed by atoms with E-state index in [0.29, 0.717) is 16.8 Å². The van der Waals surface area contributed by atoms with Crippen LogP contribution in [-0.4, -0.2) is 36.7 Å².